The summed E-state index contributed by atoms with van der Waals surface area (Å²) in [5.41, 5.74) is 0. The van der Waals surface area contributed by atoms with Crippen molar-refractivity contribution in [3.8, 4) is 0 Å². The van der Waals surface area contributed by atoms with Gasteiger partial charge in [-0.25, -0.2) is 0 Å². The maximum absolute atomic E-state index is 11.8. The van der Waals surface area contributed by atoms with Crippen LogP contribution in [0.1, 0.15) is 123 Å². The minimum atomic E-state index is -4.02. The first-order valence-corrected chi connectivity index (χ1v) is 14.1. The molecule has 2 atom stereocenters. The number of hydrogen-bond donors (Lipinski definition) is 1. The number of carbonyl (C=O) groups is 2. The van der Waals surface area contributed by atoms with E-state index in [1.807, 2.05) is 27.7 Å². The zero-order valence-corrected chi connectivity index (χ0v) is 27.5. The number of rotatable bonds is 8. The molecule has 0 aliphatic carbocycles. The van der Waals surface area contributed by atoms with Crippen molar-refractivity contribution >= 4 is 11.7 Å². The number of nitrogens with one attached hydrogen (secondary N) is 1. The van der Waals surface area contributed by atoms with Gasteiger partial charge in [0.05, 0.1) is 11.8 Å². The molecule has 39 heavy (non-hydrogen) atoms. The summed E-state index contributed by atoms with van der Waals surface area (Å²) in [6.45, 7) is 25.3. The highest BCUT2D eigenvalue weighted by atomic mass is 19.4. The number of Topliss-reactive ketones (excluding diaryl/α,β-unsaturated/α-hetero) is 1. The summed E-state index contributed by atoms with van der Waals surface area (Å²) >= 11 is 0. The van der Waals surface area contributed by atoms with Gasteiger partial charge in [0.2, 0.25) is 5.91 Å². The van der Waals surface area contributed by atoms with Crippen LogP contribution in [0.25, 0.3) is 0 Å². The summed E-state index contributed by atoms with van der Waals surface area (Å²) in [7, 11) is 1.64. The van der Waals surface area contributed by atoms with Crippen molar-refractivity contribution in [2.24, 2.45) is 41.4 Å². The number of hydrogen-bond acceptors (Lipinski definition) is 2. The van der Waals surface area contributed by atoms with Crippen molar-refractivity contribution in [3.05, 3.63) is 0 Å². The third-order valence-electron chi connectivity index (χ3n) is 5.23. The van der Waals surface area contributed by atoms with E-state index in [9.17, 15) is 35.9 Å². The van der Waals surface area contributed by atoms with Gasteiger partial charge >= 0.3 is 12.4 Å². The Labute approximate surface area is 236 Å². The lowest BCUT2D eigenvalue weighted by Gasteiger charge is -2.18. The fourth-order valence-electron chi connectivity index (χ4n) is 2.66. The molecule has 240 valence electrons. The molecule has 0 saturated heterocycles. The number of carbonyl (C=O) groups excluding carboxylic acids is 2. The molecule has 0 radical (unpaired) electrons. The highest BCUT2D eigenvalue weighted by Gasteiger charge is 2.37. The Hall–Kier alpha value is -1.28. The zero-order chi connectivity index (χ0) is 32.7. The van der Waals surface area contributed by atoms with Gasteiger partial charge in [-0.1, -0.05) is 103 Å². The minimum Gasteiger partial charge on any atom is -0.359 e. The third kappa shape index (κ3) is 44.0. The number of amides is 1. The van der Waals surface area contributed by atoms with E-state index in [0.717, 1.165) is 12.3 Å². The van der Waals surface area contributed by atoms with E-state index >= 15 is 0 Å². The fraction of sp³-hybridized carbons (Fsp3) is 0.933. The first kappa shape index (κ1) is 47.5. The SMILES string of the molecule is CC(=O)CC(C)C.CC(C)C(C)C(F)(F)F.CC(C)CC(C)C(F)(F)F.CCCC(C)C.CNC(=O)C(C)C. The molecular formula is C30H61F6NO2. The van der Waals surface area contributed by atoms with Crippen molar-refractivity contribution in [3.63, 3.8) is 0 Å². The van der Waals surface area contributed by atoms with Crippen LogP contribution in [0.3, 0.4) is 0 Å². The molecule has 9 heteroatoms. The second-order valence-corrected chi connectivity index (χ2v) is 11.9. The fourth-order valence-corrected chi connectivity index (χ4v) is 2.66. The van der Waals surface area contributed by atoms with Gasteiger partial charge in [-0.2, -0.15) is 26.3 Å². The second kappa shape index (κ2) is 25.7. The van der Waals surface area contributed by atoms with Crippen molar-refractivity contribution in [1.82, 2.24) is 5.32 Å². The Bertz CT molecular complexity index is 569. The van der Waals surface area contributed by atoms with Crippen LogP contribution in [0.15, 0.2) is 0 Å². The van der Waals surface area contributed by atoms with Gasteiger partial charge in [0.1, 0.15) is 5.78 Å². The lowest BCUT2D eigenvalue weighted by atomic mass is 9.98. The van der Waals surface area contributed by atoms with Crippen LogP contribution in [0.5, 0.6) is 0 Å². The molecule has 0 aliphatic rings. The molecule has 0 aromatic heterocycles. The predicted octanol–water partition coefficient (Wildman–Crippen LogP) is 10.5. The molecule has 0 bridgehead atoms. The standard InChI is InChI=1S/C7H13F3.C6H11F3.C6H12O.C6H14.C5H11NO/c1-5(2)4-6(3)7(8,9)10;1-4(2)5(3)6(7,8)9;1-5(2)4-6(3)7;1-4-5-6(2)3;1-4(2)5(7)6-3/h5-6H,4H2,1-3H3;4-5H,1-3H3;5H,4H2,1-3H3;6H,4-5H2,1-3H3;4H,1-3H3,(H,6,7). The smallest absolute Gasteiger partial charge is 0.359 e. The molecule has 0 spiro atoms. The molecule has 1 N–H and O–H groups in total. The summed E-state index contributed by atoms with van der Waals surface area (Å²) in [5.74, 6) is -0.612. The molecule has 0 rings (SSSR count). The van der Waals surface area contributed by atoms with E-state index in [1.165, 1.54) is 26.7 Å². The van der Waals surface area contributed by atoms with E-state index in [2.05, 4.69) is 26.1 Å². The van der Waals surface area contributed by atoms with Gasteiger partial charge in [0.25, 0.3) is 0 Å². The van der Waals surface area contributed by atoms with Crippen LogP contribution in [0.4, 0.5) is 26.3 Å². The van der Waals surface area contributed by atoms with Crippen molar-refractivity contribution in [2.45, 2.75) is 135 Å². The summed E-state index contributed by atoms with van der Waals surface area (Å²) in [6.07, 6.45) is -4.38. The third-order valence-corrected chi connectivity index (χ3v) is 5.23. The molecule has 0 fully saturated rings. The number of ketones is 1. The number of halogens is 6. The first-order valence-electron chi connectivity index (χ1n) is 14.1. The molecule has 2 unspecified atom stereocenters. The van der Waals surface area contributed by atoms with Gasteiger partial charge in [-0.3, -0.25) is 4.79 Å². The molecule has 0 saturated carbocycles. The summed E-state index contributed by atoms with van der Waals surface area (Å²) in [6, 6.07) is 0. The quantitative estimate of drug-likeness (QED) is 0.290. The van der Waals surface area contributed by atoms with Crippen molar-refractivity contribution < 1.29 is 35.9 Å². The predicted molar refractivity (Wildman–Crippen MR) is 154 cm³/mol. The molecule has 0 aromatic rings. The molecule has 0 heterocycles. The monoisotopic (exact) mass is 581 g/mol. The summed E-state index contributed by atoms with van der Waals surface area (Å²) in [5, 5.41) is 2.53. The molecule has 0 aliphatic heterocycles. The Morgan fingerprint density at radius 1 is 0.692 bits per heavy atom. The van der Waals surface area contributed by atoms with Gasteiger partial charge in [-0.05, 0) is 37.0 Å². The number of alkyl halides is 6. The molecule has 0 aromatic carbocycles. The summed E-state index contributed by atoms with van der Waals surface area (Å²) in [4.78, 5) is 20.7. The highest BCUT2D eigenvalue weighted by molar-refractivity contribution is 5.77. The Kier molecular flexibility index (Phi) is 31.3. The van der Waals surface area contributed by atoms with Crippen LogP contribution in [0.2, 0.25) is 0 Å². The van der Waals surface area contributed by atoms with Crippen molar-refractivity contribution in [2.75, 3.05) is 7.05 Å². The Balaban J connectivity index is -0.000000125. The largest absolute Gasteiger partial charge is 0.391 e. The van der Waals surface area contributed by atoms with Gasteiger partial charge in [0.15, 0.2) is 0 Å². The first-order chi connectivity index (χ1) is 17.3. The van der Waals surface area contributed by atoms with Crippen LogP contribution in [-0.2, 0) is 9.59 Å². The van der Waals surface area contributed by atoms with Gasteiger partial charge < -0.3 is 10.1 Å². The van der Waals surface area contributed by atoms with Gasteiger partial charge in [0, 0.05) is 19.4 Å². The average Bonchev–Trinajstić information content (AvgIpc) is 2.71. The molecular weight excluding hydrogens is 520 g/mol. The van der Waals surface area contributed by atoms with E-state index in [0.29, 0.717) is 5.92 Å². The Morgan fingerprint density at radius 2 is 1.10 bits per heavy atom. The van der Waals surface area contributed by atoms with Crippen LogP contribution < -0.4 is 5.32 Å². The van der Waals surface area contributed by atoms with Crippen LogP contribution in [0, 0.1) is 41.4 Å². The maximum atomic E-state index is 11.8. The van der Waals surface area contributed by atoms with E-state index in [1.54, 1.807) is 41.7 Å². The maximum Gasteiger partial charge on any atom is 0.391 e. The van der Waals surface area contributed by atoms with Crippen LogP contribution in [-0.4, -0.2) is 31.1 Å². The second-order valence-electron chi connectivity index (χ2n) is 11.9. The highest BCUT2D eigenvalue weighted by Crippen LogP contribution is 2.31. The molecule has 3 nitrogen and oxygen atoms in total. The van der Waals surface area contributed by atoms with Crippen LogP contribution >= 0.6 is 0 Å². The lowest BCUT2D eigenvalue weighted by molar-refractivity contribution is -0.180. The molecule has 1 amide bonds. The van der Waals surface area contributed by atoms with E-state index < -0.39 is 24.2 Å². The zero-order valence-electron chi connectivity index (χ0n) is 27.5. The summed E-state index contributed by atoms with van der Waals surface area (Å²) < 4.78 is 70.5. The minimum absolute atomic E-state index is 0.0972. The van der Waals surface area contributed by atoms with E-state index in [-0.39, 0.29) is 35.9 Å². The Morgan fingerprint density at radius 3 is 1.13 bits per heavy atom. The van der Waals surface area contributed by atoms with Crippen molar-refractivity contribution in [1.29, 1.82) is 0 Å². The van der Waals surface area contributed by atoms with Gasteiger partial charge in [-0.15, -0.1) is 0 Å². The average molecular weight is 582 g/mol. The topological polar surface area (TPSA) is 46.2 Å². The van der Waals surface area contributed by atoms with E-state index in [4.69, 9.17) is 0 Å². The normalized spacial score (nSPS) is 12.8. The lowest BCUT2D eigenvalue weighted by Crippen LogP contribution is -2.24.